The lowest BCUT2D eigenvalue weighted by Gasteiger charge is -2.05. The van der Waals surface area contributed by atoms with E-state index < -0.39 is 6.10 Å². The highest BCUT2D eigenvalue weighted by molar-refractivity contribution is 5.23. The minimum absolute atomic E-state index is 0.276. The predicted octanol–water partition coefficient (Wildman–Crippen LogP) is 0.315. The van der Waals surface area contributed by atoms with Crippen molar-refractivity contribution in [1.29, 1.82) is 0 Å². The van der Waals surface area contributed by atoms with Crippen LogP contribution >= 0.6 is 0 Å². The molecule has 1 heterocycles. The molecule has 0 aliphatic rings. The van der Waals surface area contributed by atoms with Gasteiger partial charge in [-0.05, 0) is 12.5 Å². The average Bonchev–Trinajstić information content (AvgIpc) is 2.34. The fourth-order valence-electron chi connectivity index (χ4n) is 0.940. The number of H-pyrrole nitrogens is 1. The lowest BCUT2D eigenvalue weighted by atomic mass is 10.1. The second-order valence-electron chi connectivity index (χ2n) is 2.35. The molecule has 1 aromatic rings. The number of aromatic nitrogens is 1. The minimum atomic E-state index is -0.522. The number of rotatable bonds is 2. The number of aryl methyl sites for hydroxylation is 1. The summed E-state index contributed by atoms with van der Waals surface area (Å²) in [6, 6.07) is 0. The fourth-order valence-corrected chi connectivity index (χ4v) is 0.940. The standard InChI is InChI=1S/C7H12N2O/c1-5-3-9-4-6(5)7(10)2-8/h3-4,7,9-10H,2,8H2,1H3. The van der Waals surface area contributed by atoms with Crippen LogP contribution in [0.3, 0.4) is 0 Å². The van der Waals surface area contributed by atoms with E-state index in [2.05, 4.69) is 4.98 Å². The number of aliphatic hydroxyl groups excluding tert-OH is 1. The molecule has 0 radical (unpaired) electrons. The van der Waals surface area contributed by atoms with E-state index in [1.54, 1.807) is 6.20 Å². The number of aromatic amines is 1. The van der Waals surface area contributed by atoms with Crippen LogP contribution in [0.25, 0.3) is 0 Å². The number of hydrogen-bond donors (Lipinski definition) is 3. The van der Waals surface area contributed by atoms with E-state index in [9.17, 15) is 5.11 Å². The quantitative estimate of drug-likeness (QED) is 0.553. The molecule has 56 valence electrons. The molecular weight excluding hydrogens is 128 g/mol. The van der Waals surface area contributed by atoms with Crippen molar-refractivity contribution in [1.82, 2.24) is 4.98 Å². The lowest BCUT2D eigenvalue weighted by Crippen LogP contribution is -2.11. The highest BCUT2D eigenvalue weighted by atomic mass is 16.3. The molecule has 0 fully saturated rings. The normalized spacial score (nSPS) is 13.5. The van der Waals surface area contributed by atoms with Gasteiger partial charge in [0.25, 0.3) is 0 Å². The molecule has 0 amide bonds. The molecular formula is C7H12N2O. The lowest BCUT2D eigenvalue weighted by molar-refractivity contribution is 0.186. The van der Waals surface area contributed by atoms with Crippen molar-refractivity contribution in [3.8, 4) is 0 Å². The van der Waals surface area contributed by atoms with E-state index in [0.717, 1.165) is 11.1 Å². The average molecular weight is 140 g/mol. The van der Waals surface area contributed by atoms with Crippen molar-refractivity contribution >= 4 is 0 Å². The maximum Gasteiger partial charge on any atom is 0.0929 e. The van der Waals surface area contributed by atoms with E-state index in [1.807, 2.05) is 13.1 Å². The van der Waals surface area contributed by atoms with Crippen molar-refractivity contribution in [3.05, 3.63) is 23.5 Å². The van der Waals surface area contributed by atoms with Gasteiger partial charge in [-0.1, -0.05) is 0 Å². The molecule has 1 unspecified atom stereocenters. The van der Waals surface area contributed by atoms with E-state index in [1.165, 1.54) is 0 Å². The highest BCUT2D eigenvalue weighted by Crippen LogP contribution is 2.14. The van der Waals surface area contributed by atoms with Crippen LogP contribution in [0.1, 0.15) is 17.2 Å². The van der Waals surface area contributed by atoms with Crippen LogP contribution in [0, 0.1) is 6.92 Å². The number of aliphatic hydroxyl groups is 1. The van der Waals surface area contributed by atoms with Crippen LogP contribution in [-0.4, -0.2) is 16.6 Å². The summed E-state index contributed by atoms with van der Waals surface area (Å²) < 4.78 is 0. The topological polar surface area (TPSA) is 62.0 Å². The zero-order valence-corrected chi connectivity index (χ0v) is 5.96. The van der Waals surface area contributed by atoms with Crippen molar-refractivity contribution in [3.63, 3.8) is 0 Å². The first kappa shape index (κ1) is 7.31. The van der Waals surface area contributed by atoms with Crippen LogP contribution in [0.5, 0.6) is 0 Å². The van der Waals surface area contributed by atoms with Crippen LogP contribution in [0.15, 0.2) is 12.4 Å². The third kappa shape index (κ3) is 1.20. The second kappa shape index (κ2) is 2.86. The number of hydrogen-bond acceptors (Lipinski definition) is 2. The Labute approximate surface area is 59.9 Å². The van der Waals surface area contributed by atoms with Gasteiger partial charge in [0.2, 0.25) is 0 Å². The monoisotopic (exact) mass is 140 g/mol. The Kier molecular flexibility index (Phi) is 2.09. The van der Waals surface area contributed by atoms with Crippen molar-refractivity contribution in [2.75, 3.05) is 6.54 Å². The Morgan fingerprint density at radius 3 is 2.80 bits per heavy atom. The maximum absolute atomic E-state index is 9.25. The third-order valence-corrected chi connectivity index (χ3v) is 1.58. The molecule has 1 rings (SSSR count). The molecule has 0 aliphatic heterocycles. The first-order chi connectivity index (χ1) is 4.75. The molecule has 4 N–H and O–H groups in total. The molecule has 0 bridgehead atoms. The summed E-state index contributed by atoms with van der Waals surface area (Å²) in [5.41, 5.74) is 7.21. The molecule has 1 aromatic heterocycles. The molecule has 3 nitrogen and oxygen atoms in total. The van der Waals surface area contributed by atoms with Crippen LogP contribution in [-0.2, 0) is 0 Å². The Bertz CT molecular complexity index is 207. The molecule has 0 aromatic carbocycles. The smallest absolute Gasteiger partial charge is 0.0929 e. The number of nitrogens with one attached hydrogen (secondary N) is 1. The molecule has 0 saturated carbocycles. The highest BCUT2D eigenvalue weighted by Gasteiger charge is 2.07. The van der Waals surface area contributed by atoms with Crippen LogP contribution in [0.2, 0.25) is 0 Å². The predicted molar refractivity (Wildman–Crippen MR) is 39.5 cm³/mol. The van der Waals surface area contributed by atoms with Gasteiger partial charge in [0.1, 0.15) is 0 Å². The molecule has 0 saturated heterocycles. The summed E-state index contributed by atoms with van der Waals surface area (Å²) in [5.74, 6) is 0. The fraction of sp³-hybridized carbons (Fsp3) is 0.429. The van der Waals surface area contributed by atoms with Crippen LogP contribution in [0.4, 0.5) is 0 Å². The van der Waals surface area contributed by atoms with E-state index in [0.29, 0.717) is 0 Å². The molecule has 3 heteroatoms. The Balaban J connectivity index is 2.82. The van der Waals surface area contributed by atoms with Crippen LogP contribution < -0.4 is 5.73 Å². The zero-order chi connectivity index (χ0) is 7.56. The largest absolute Gasteiger partial charge is 0.387 e. The number of nitrogens with two attached hydrogens (primary N) is 1. The van der Waals surface area contributed by atoms with Gasteiger partial charge < -0.3 is 15.8 Å². The summed E-state index contributed by atoms with van der Waals surface area (Å²) in [5, 5.41) is 9.25. The SMILES string of the molecule is Cc1c[nH]cc1C(O)CN. The van der Waals surface area contributed by atoms with Gasteiger partial charge in [0.05, 0.1) is 6.10 Å². The van der Waals surface area contributed by atoms with Gasteiger partial charge in [0.15, 0.2) is 0 Å². The first-order valence-corrected chi connectivity index (χ1v) is 3.27. The molecule has 0 aliphatic carbocycles. The van der Waals surface area contributed by atoms with Gasteiger partial charge in [-0.15, -0.1) is 0 Å². The minimum Gasteiger partial charge on any atom is -0.387 e. The van der Waals surface area contributed by atoms with Crippen molar-refractivity contribution in [2.45, 2.75) is 13.0 Å². The zero-order valence-electron chi connectivity index (χ0n) is 5.96. The summed E-state index contributed by atoms with van der Waals surface area (Å²) in [4.78, 5) is 2.90. The second-order valence-corrected chi connectivity index (χ2v) is 2.35. The third-order valence-electron chi connectivity index (χ3n) is 1.58. The Morgan fingerprint density at radius 1 is 1.70 bits per heavy atom. The Hall–Kier alpha value is -0.800. The van der Waals surface area contributed by atoms with Crippen molar-refractivity contribution in [2.24, 2.45) is 5.73 Å². The first-order valence-electron chi connectivity index (χ1n) is 3.27. The van der Waals surface area contributed by atoms with Gasteiger partial charge in [-0.25, -0.2) is 0 Å². The summed E-state index contributed by atoms with van der Waals surface area (Å²) in [6.45, 7) is 2.21. The van der Waals surface area contributed by atoms with E-state index in [-0.39, 0.29) is 6.54 Å². The Morgan fingerprint density at radius 2 is 2.40 bits per heavy atom. The van der Waals surface area contributed by atoms with Crippen molar-refractivity contribution < 1.29 is 5.11 Å². The van der Waals surface area contributed by atoms with Gasteiger partial charge in [0, 0.05) is 24.5 Å². The summed E-state index contributed by atoms with van der Waals surface area (Å²) in [7, 11) is 0. The van der Waals surface area contributed by atoms with Gasteiger partial charge in [-0.2, -0.15) is 0 Å². The molecule has 10 heavy (non-hydrogen) atoms. The maximum atomic E-state index is 9.25. The van der Waals surface area contributed by atoms with E-state index >= 15 is 0 Å². The van der Waals surface area contributed by atoms with E-state index in [4.69, 9.17) is 5.73 Å². The summed E-state index contributed by atoms with van der Waals surface area (Å²) >= 11 is 0. The molecule has 1 atom stereocenters. The van der Waals surface area contributed by atoms with Gasteiger partial charge in [-0.3, -0.25) is 0 Å². The molecule has 0 spiro atoms. The summed E-state index contributed by atoms with van der Waals surface area (Å²) in [6.07, 6.45) is 3.09. The van der Waals surface area contributed by atoms with Gasteiger partial charge >= 0.3 is 0 Å².